The molecular formula is C14H22ClN3O3. The SMILES string of the molecule is CCCC(C)(N)C(=O)Nc1cccc(OCC(N)=O)c1.Cl. The predicted molar refractivity (Wildman–Crippen MR) is 84.5 cm³/mol. The minimum atomic E-state index is -0.918. The second kappa shape index (κ2) is 8.49. The molecule has 0 radical (unpaired) electrons. The molecule has 0 spiro atoms. The summed E-state index contributed by atoms with van der Waals surface area (Å²) in [4.78, 5) is 22.7. The summed E-state index contributed by atoms with van der Waals surface area (Å²) in [5.41, 5.74) is 10.6. The van der Waals surface area contributed by atoms with Crippen LogP contribution in [0.25, 0.3) is 0 Å². The van der Waals surface area contributed by atoms with E-state index in [1.807, 2.05) is 6.92 Å². The molecule has 0 aromatic heterocycles. The summed E-state index contributed by atoms with van der Waals surface area (Å²) < 4.78 is 5.17. The van der Waals surface area contributed by atoms with Crippen LogP contribution in [-0.2, 0) is 9.59 Å². The van der Waals surface area contributed by atoms with Crippen LogP contribution in [0.1, 0.15) is 26.7 Å². The van der Waals surface area contributed by atoms with Gasteiger partial charge in [-0.05, 0) is 25.5 Å². The number of halogens is 1. The van der Waals surface area contributed by atoms with Crippen molar-refractivity contribution in [3.05, 3.63) is 24.3 Å². The minimum absolute atomic E-state index is 0. The number of nitrogens with one attached hydrogen (secondary N) is 1. The Morgan fingerprint density at radius 3 is 2.62 bits per heavy atom. The van der Waals surface area contributed by atoms with E-state index >= 15 is 0 Å². The van der Waals surface area contributed by atoms with Crippen molar-refractivity contribution in [2.24, 2.45) is 11.5 Å². The number of anilines is 1. The summed E-state index contributed by atoms with van der Waals surface area (Å²) in [5.74, 6) is -0.362. The summed E-state index contributed by atoms with van der Waals surface area (Å²) in [5, 5.41) is 2.73. The van der Waals surface area contributed by atoms with Crippen molar-refractivity contribution in [1.29, 1.82) is 0 Å². The van der Waals surface area contributed by atoms with Gasteiger partial charge in [0, 0.05) is 11.8 Å². The quantitative estimate of drug-likeness (QED) is 0.707. The van der Waals surface area contributed by atoms with E-state index in [0.29, 0.717) is 17.9 Å². The molecule has 118 valence electrons. The fraction of sp³-hybridized carbons (Fsp3) is 0.429. The monoisotopic (exact) mass is 315 g/mol. The van der Waals surface area contributed by atoms with E-state index in [4.69, 9.17) is 16.2 Å². The normalized spacial score (nSPS) is 12.7. The van der Waals surface area contributed by atoms with Gasteiger partial charge in [-0.15, -0.1) is 12.4 Å². The van der Waals surface area contributed by atoms with Gasteiger partial charge in [0.05, 0.1) is 5.54 Å². The topological polar surface area (TPSA) is 107 Å². The van der Waals surface area contributed by atoms with Gasteiger partial charge in [0.1, 0.15) is 5.75 Å². The zero-order valence-electron chi connectivity index (χ0n) is 12.2. The number of amides is 2. The Morgan fingerprint density at radius 1 is 1.38 bits per heavy atom. The molecule has 1 aromatic rings. The van der Waals surface area contributed by atoms with Crippen molar-refractivity contribution in [3.8, 4) is 5.75 Å². The van der Waals surface area contributed by atoms with Gasteiger partial charge in [-0.2, -0.15) is 0 Å². The number of hydrogen-bond acceptors (Lipinski definition) is 4. The Labute approximate surface area is 130 Å². The molecule has 1 aromatic carbocycles. The van der Waals surface area contributed by atoms with E-state index in [-0.39, 0.29) is 24.9 Å². The van der Waals surface area contributed by atoms with Crippen molar-refractivity contribution >= 4 is 29.9 Å². The molecule has 0 saturated heterocycles. The molecule has 5 N–H and O–H groups in total. The van der Waals surface area contributed by atoms with Crippen LogP contribution in [0, 0.1) is 0 Å². The van der Waals surface area contributed by atoms with E-state index in [1.54, 1.807) is 31.2 Å². The molecule has 1 rings (SSSR count). The molecule has 0 bridgehead atoms. The molecule has 0 saturated carbocycles. The van der Waals surface area contributed by atoms with Crippen molar-refractivity contribution in [1.82, 2.24) is 0 Å². The lowest BCUT2D eigenvalue weighted by Crippen LogP contribution is -2.48. The number of ether oxygens (including phenoxy) is 1. The van der Waals surface area contributed by atoms with Crippen LogP contribution >= 0.6 is 12.4 Å². The highest BCUT2D eigenvalue weighted by atomic mass is 35.5. The fourth-order valence-electron chi connectivity index (χ4n) is 1.72. The Kier molecular flexibility index (Phi) is 7.76. The second-order valence-corrected chi connectivity index (χ2v) is 4.90. The number of rotatable bonds is 7. The molecule has 7 heteroatoms. The number of benzene rings is 1. The minimum Gasteiger partial charge on any atom is -0.484 e. The molecule has 1 atom stereocenters. The van der Waals surface area contributed by atoms with Gasteiger partial charge in [0.15, 0.2) is 6.61 Å². The van der Waals surface area contributed by atoms with Crippen LogP contribution in [0.3, 0.4) is 0 Å². The van der Waals surface area contributed by atoms with E-state index in [0.717, 1.165) is 6.42 Å². The molecule has 0 heterocycles. The van der Waals surface area contributed by atoms with Crippen molar-refractivity contribution in [2.75, 3.05) is 11.9 Å². The molecule has 6 nitrogen and oxygen atoms in total. The van der Waals surface area contributed by atoms with Crippen LogP contribution in [0.4, 0.5) is 5.69 Å². The number of nitrogens with two attached hydrogens (primary N) is 2. The summed E-state index contributed by atoms with van der Waals surface area (Å²) in [7, 11) is 0. The first-order chi connectivity index (χ1) is 9.35. The van der Waals surface area contributed by atoms with Crippen LogP contribution in [0.2, 0.25) is 0 Å². The Hall–Kier alpha value is -1.79. The van der Waals surface area contributed by atoms with Crippen LogP contribution in [0.15, 0.2) is 24.3 Å². The van der Waals surface area contributed by atoms with Crippen LogP contribution in [0.5, 0.6) is 5.75 Å². The highest BCUT2D eigenvalue weighted by molar-refractivity contribution is 5.97. The van der Waals surface area contributed by atoms with Crippen LogP contribution < -0.4 is 21.5 Å². The van der Waals surface area contributed by atoms with Crippen molar-refractivity contribution in [2.45, 2.75) is 32.2 Å². The standard InChI is InChI=1S/C14H21N3O3.ClH/c1-3-7-14(2,16)13(19)17-10-5-4-6-11(8-10)20-9-12(15)18;/h4-6,8H,3,7,9,16H2,1-2H3,(H2,15,18)(H,17,19);1H. The smallest absolute Gasteiger partial charge is 0.255 e. The molecule has 1 unspecified atom stereocenters. The molecule has 21 heavy (non-hydrogen) atoms. The van der Waals surface area contributed by atoms with E-state index < -0.39 is 11.4 Å². The van der Waals surface area contributed by atoms with Crippen LogP contribution in [-0.4, -0.2) is 24.0 Å². The third-order valence-corrected chi connectivity index (χ3v) is 2.76. The lowest BCUT2D eigenvalue weighted by molar-refractivity contribution is -0.121. The average Bonchev–Trinajstić information content (AvgIpc) is 2.36. The van der Waals surface area contributed by atoms with E-state index in [1.165, 1.54) is 0 Å². The Bertz CT molecular complexity index is 492. The highest BCUT2D eigenvalue weighted by Crippen LogP contribution is 2.19. The molecule has 2 amide bonds. The maximum absolute atomic E-state index is 12.1. The van der Waals surface area contributed by atoms with Crippen molar-refractivity contribution in [3.63, 3.8) is 0 Å². The first kappa shape index (κ1) is 19.2. The zero-order chi connectivity index (χ0) is 15.2. The van der Waals surface area contributed by atoms with E-state index in [9.17, 15) is 9.59 Å². The van der Waals surface area contributed by atoms with Gasteiger partial charge in [-0.25, -0.2) is 0 Å². The van der Waals surface area contributed by atoms with E-state index in [2.05, 4.69) is 5.32 Å². The summed E-state index contributed by atoms with van der Waals surface area (Å²) in [6, 6.07) is 6.71. The fourth-order valence-corrected chi connectivity index (χ4v) is 1.72. The number of primary amides is 1. The lowest BCUT2D eigenvalue weighted by atomic mass is 9.96. The van der Waals surface area contributed by atoms with Gasteiger partial charge in [0.2, 0.25) is 5.91 Å². The molecule has 0 aliphatic heterocycles. The molecule has 0 fully saturated rings. The number of carbonyl (C=O) groups is 2. The maximum atomic E-state index is 12.1. The second-order valence-electron chi connectivity index (χ2n) is 4.90. The maximum Gasteiger partial charge on any atom is 0.255 e. The summed E-state index contributed by atoms with van der Waals surface area (Å²) in [6.07, 6.45) is 1.42. The third-order valence-electron chi connectivity index (χ3n) is 2.76. The average molecular weight is 316 g/mol. The first-order valence-corrected chi connectivity index (χ1v) is 6.46. The van der Waals surface area contributed by atoms with Gasteiger partial charge in [-0.3, -0.25) is 9.59 Å². The summed E-state index contributed by atoms with van der Waals surface area (Å²) >= 11 is 0. The Morgan fingerprint density at radius 2 is 2.05 bits per heavy atom. The molecule has 0 aliphatic rings. The Balaban J connectivity index is 0.00000400. The number of carbonyl (C=O) groups excluding carboxylic acids is 2. The van der Waals surface area contributed by atoms with Crippen molar-refractivity contribution < 1.29 is 14.3 Å². The van der Waals surface area contributed by atoms with Gasteiger partial charge in [-0.1, -0.05) is 19.4 Å². The molecular weight excluding hydrogens is 294 g/mol. The lowest BCUT2D eigenvalue weighted by Gasteiger charge is -2.22. The largest absolute Gasteiger partial charge is 0.484 e. The highest BCUT2D eigenvalue weighted by Gasteiger charge is 2.27. The predicted octanol–water partition coefficient (Wildman–Crippen LogP) is 1.43. The number of hydrogen-bond donors (Lipinski definition) is 3. The van der Waals surface area contributed by atoms with Gasteiger partial charge >= 0.3 is 0 Å². The first-order valence-electron chi connectivity index (χ1n) is 6.46. The van der Waals surface area contributed by atoms with Gasteiger partial charge in [0.25, 0.3) is 5.91 Å². The molecule has 0 aliphatic carbocycles. The van der Waals surface area contributed by atoms with Gasteiger partial charge < -0.3 is 21.5 Å². The third kappa shape index (κ3) is 6.46. The summed E-state index contributed by atoms with van der Waals surface area (Å²) in [6.45, 7) is 3.46. The zero-order valence-corrected chi connectivity index (χ0v) is 13.0.